The summed E-state index contributed by atoms with van der Waals surface area (Å²) in [5, 5.41) is 14.9. The highest BCUT2D eigenvalue weighted by molar-refractivity contribution is 6.35. The number of methoxy groups -OCH3 is 1. The number of rotatable bonds is 5. The number of hydrogen-bond donors (Lipinski definition) is 1. The smallest absolute Gasteiger partial charge is 0.323 e. The van der Waals surface area contributed by atoms with Gasteiger partial charge in [0, 0.05) is 27.9 Å². The Kier molecular flexibility index (Phi) is 5.71. The average molecular weight is 458 g/mol. The average Bonchev–Trinajstić information content (AvgIpc) is 3.10. The molecule has 1 aliphatic rings. The number of benzene rings is 3. The van der Waals surface area contributed by atoms with Crippen molar-refractivity contribution in [3.63, 3.8) is 0 Å². The Morgan fingerprint density at radius 2 is 1.55 bits per heavy atom. The molecule has 9 heteroatoms. The van der Waals surface area contributed by atoms with Gasteiger partial charge in [-0.25, -0.2) is 4.79 Å². The Hall–Kier alpha value is -3.29. The second-order valence-corrected chi connectivity index (χ2v) is 7.86. The number of amides is 2. The van der Waals surface area contributed by atoms with Crippen LogP contribution in [-0.4, -0.2) is 18.1 Å². The number of urea groups is 1. The summed E-state index contributed by atoms with van der Waals surface area (Å²) in [5.41, 5.74) is 2.07. The van der Waals surface area contributed by atoms with Gasteiger partial charge in [-0.1, -0.05) is 47.5 Å². The summed E-state index contributed by atoms with van der Waals surface area (Å²) in [6.45, 7) is 0. The van der Waals surface area contributed by atoms with Gasteiger partial charge in [0.1, 0.15) is 5.75 Å². The number of halogens is 2. The number of carbonyl (C=O) groups is 1. The number of carbonyl (C=O) groups excluding carboxylic acids is 1. The molecule has 2 amide bonds. The quantitative estimate of drug-likeness (QED) is 0.380. The van der Waals surface area contributed by atoms with E-state index >= 15 is 0 Å². The molecule has 1 fully saturated rings. The summed E-state index contributed by atoms with van der Waals surface area (Å²) in [6, 6.07) is 17.2. The summed E-state index contributed by atoms with van der Waals surface area (Å²) in [5.74, 6) is 0.693. The van der Waals surface area contributed by atoms with Crippen LogP contribution in [0.15, 0.2) is 66.7 Å². The molecule has 3 aromatic rings. The predicted molar refractivity (Wildman–Crippen MR) is 119 cm³/mol. The van der Waals surface area contributed by atoms with Gasteiger partial charge < -0.3 is 10.1 Å². The highest BCUT2D eigenvalue weighted by Crippen LogP contribution is 2.43. The maximum absolute atomic E-state index is 13.1. The zero-order valence-corrected chi connectivity index (χ0v) is 17.8. The molecule has 7 nitrogen and oxygen atoms in total. The molecule has 0 spiro atoms. The van der Waals surface area contributed by atoms with E-state index in [9.17, 15) is 14.9 Å². The molecule has 0 saturated carbocycles. The standard InChI is InChI=1S/C22H17Cl2N3O4/c1-31-19-8-4-13(5-9-19)20-21(14-2-6-17(7-3-14)27(29)30)26(22(28)25-20)18-11-15(23)10-16(24)12-18/h2-12,20-21H,1H3,(H,25,28)/t20-,21+/m0/s1. The molecule has 1 heterocycles. The van der Waals surface area contributed by atoms with Crippen molar-refractivity contribution in [2.75, 3.05) is 12.0 Å². The largest absolute Gasteiger partial charge is 0.497 e. The summed E-state index contributed by atoms with van der Waals surface area (Å²) in [7, 11) is 1.58. The first kappa shape index (κ1) is 21.0. The lowest BCUT2D eigenvalue weighted by atomic mass is 9.93. The molecule has 1 N–H and O–H groups in total. The Morgan fingerprint density at radius 3 is 2.10 bits per heavy atom. The molecule has 0 radical (unpaired) electrons. The van der Waals surface area contributed by atoms with E-state index in [2.05, 4.69) is 5.32 Å². The van der Waals surface area contributed by atoms with Crippen molar-refractivity contribution in [3.8, 4) is 5.75 Å². The lowest BCUT2D eigenvalue weighted by Gasteiger charge is -2.27. The maximum Gasteiger partial charge on any atom is 0.323 e. The SMILES string of the molecule is COc1ccc([C@@H]2NC(=O)N(c3cc(Cl)cc(Cl)c3)[C@@H]2c2ccc([N+](=O)[O-])cc2)cc1. The van der Waals surface area contributed by atoms with E-state index in [0.717, 1.165) is 11.1 Å². The molecule has 31 heavy (non-hydrogen) atoms. The Balaban J connectivity index is 1.82. The third kappa shape index (κ3) is 4.15. The fourth-order valence-electron chi connectivity index (χ4n) is 3.72. The molecule has 4 rings (SSSR count). The molecule has 3 aromatic carbocycles. The van der Waals surface area contributed by atoms with Crippen LogP contribution in [-0.2, 0) is 0 Å². The molecule has 1 saturated heterocycles. The number of nitro benzene ring substituents is 1. The zero-order chi connectivity index (χ0) is 22.1. The normalized spacial score (nSPS) is 18.0. The Labute approximate surface area is 188 Å². The van der Waals surface area contributed by atoms with E-state index in [1.165, 1.54) is 12.1 Å². The molecular formula is C22H17Cl2N3O4. The van der Waals surface area contributed by atoms with Crippen molar-refractivity contribution in [2.24, 2.45) is 0 Å². The van der Waals surface area contributed by atoms with Gasteiger partial charge in [-0.05, 0) is 41.5 Å². The third-order valence-electron chi connectivity index (χ3n) is 5.14. The van der Waals surface area contributed by atoms with Crippen molar-refractivity contribution in [3.05, 3.63) is 98.0 Å². The van der Waals surface area contributed by atoms with Crippen LogP contribution in [0, 0.1) is 10.1 Å². The number of nitrogens with one attached hydrogen (secondary N) is 1. The number of nitro groups is 1. The predicted octanol–water partition coefficient (Wildman–Crippen LogP) is 5.92. The minimum atomic E-state index is -0.490. The van der Waals surface area contributed by atoms with Gasteiger partial charge in [0.15, 0.2) is 0 Å². The van der Waals surface area contributed by atoms with Gasteiger partial charge in [0.25, 0.3) is 5.69 Å². The molecule has 0 aromatic heterocycles. The molecule has 1 aliphatic heterocycles. The van der Waals surface area contributed by atoms with Gasteiger partial charge in [-0.3, -0.25) is 15.0 Å². The fraction of sp³-hybridized carbons (Fsp3) is 0.136. The van der Waals surface area contributed by atoms with Crippen LogP contribution in [0.3, 0.4) is 0 Å². The number of ether oxygens (including phenoxy) is 1. The molecule has 158 valence electrons. The minimum absolute atomic E-state index is 0.0284. The zero-order valence-electron chi connectivity index (χ0n) is 16.3. The first-order valence-corrected chi connectivity index (χ1v) is 10.1. The van der Waals surface area contributed by atoms with Crippen molar-refractivity contribution >= 4 is 40.6 Å². The molecule has 0 unspecified atom stereocenters. The van der Waals surface area contributed by atoms with Gasteiger partial charge >= 0.3 is 6.03 Å². The van der Waals surface area contributed by atoms with Crippen LogP contribution in [0.4, 0.5) is 16.2 Å². The highest BCUT2D eigenvalue weighted by atomic mass is 35.5. The number of nitrogens with zero attached hydrogens (tertiary/aromatic N) is 2. The van der Waals surface area contributed by atoms with Crippen LogP contribution in [0.5, 0.6) is 5.75 Å². The maximum atomic E-state index is 13.1. The summed E-state index contributed by atoms with van der Waals surface area (Å²) in [4.78, 5) is 25.2. The Bertz CT molecular complexity index is 1120. The van der Waals surface area contributed by atoms with Gasteiger partial charge in [0.2, 0.25) is 0 Å². The summed E-state index contributed by atoms with van der Waals surface area (Å²) in [6.07, 6.45) is 0. The summed E-state index contributed by atoms with van der Waals surface area (Å²) >= 11 is 12.4. The van der Waals surface area contributed by atoms with Crippen LogP contribution in [0.25, 0.3) is 0 Å². The first-order chi connectivity index (χ1) is 14.9. The molecule has 0 bridgehead atoms. The van der Waals surface area contributed by atoms with Crippen molar-refractivity contribution in [2.45, 2.75) is 12.1 Å². The van der Waals surface area contributed by atoms with Crippen molar-refractivity contribution in [1.29, 1.82) is 0 Å². The van der Waals surface area contributed by atoms with Crippen LogP contribution < -0.4 is 15.0 Å². The minimum Gasteiger partial charge on any atom is -0.497 e. The van der Waals surface area contributed by atoms with Crippen LogP contribution in [0.1, 0.15) is 23.2 Å². The third-order valence-corrected chi connectivity index (χ3v) is 5.57. The topological polar surface area (TPSA) is 84.7 Å². The molecule has 2 atom stereocenters. The van der Waals surface area contributed by atoms with Gasteiger partial charge in [-0.2, -0.15) is 0 Å². The van der Waals surface area contributed by atoms with E-state index in [0.29, 0.717) is 21.5 Å². The first-order valence-electron chi connectivity index (χ1n) is 9.31. The van der Waals surface area contributed by atoms with Crippen LogP contribution in [0.2, 0.25) is 10.0 Å². The van der Waals surface area contributed by atoms with E-state index in [4.69, 9.17) is 27.9 Å². The second kappa shape index (κ2) is 8.45. The lowest BCUT2D eigenvalue weighted by Crippen LogP contribution is -2.29. The van der Waals surface area contributed by atoms with Gasteiger partial charge in [-0.15, -0.1) is 0 Å². The lowest BCUT2D eigenvalue weighted by molar-refractivity contribution is -0.384. The van der Waals surface area contributed by atoms with Crippen molar-refractivity contribution in [1.82, 2.24) is 5.32 Å². The number of anilines is 1. The van der Waals surface area contributed by atoms with E-state index in [1.807, 2.05) is 24.3 Å². The molecule has 0 aliphatic carbocycles. The number of non-ortho nitro benzene ring substituents is 1. The fourth-order valence-corrected chi connectivity index (χ4v) is 4.24. The second-order valence-electron chi connectivity index (χ2n) is 6.99. The van der Waals surface area contributed by atoms with E-state index < -0.39 is 17.0 Å². The monoisotopic (exact) mass is 457 g/mol. The summed E-state index contributed by atoms with van der Waals surface area (Å²) < 4.78 is 5.23. The van der Waals surface area contributed by atoms with E-state index in [-0.39, 0.29) is 11.7 Å². The molecular weight excluding hydrogens is 441 g/mol. The van der Waals surface area contributed by atoms with Gasteiger partial charge in [0.05, 0.1) is 24.1 Å². The van der Waals surface area contributed by atoms with Crippen molar-refractivity contribution < 1.29 is 14.5 Å². The van der Waals surface area contributed by atoms with Crippen LogP contribution >= 0.6 is 23.2 Å². The number of hydrogen-bond acceptors (Lipinski definition) is 4. The Morgan fingerprint density at radius 1 is 0.968 bits per heavy atom. The van der Waals surface area contributed by atoms with E-state index in [1.54, 1.807) is 42.3 Å². The highest BCUT2D eigenvalue weighted by Gasteiger charge is 2.42.